The third-order valence-corrected chi connectivity index (χ3v) is 4.24. The minimum absolute atomic E-state index is 0.375. The van der Waals surface area contributed by atoms with E-state index in [0.29, 0.717) is 6.61 Å². The van der Waals surface area contributed by atoms with E-state index in [4.69, 9.17) is 10.5 Å². The van der Waals surface area contributed by atoms with Gasteiger partial charge in [0, 0.05) is 23.9 Å². The SMILES string of the molecule is COCc1nc(Cc2ccccc2)sc1C(C)(C)N. The first kappa shape index (κ1) is 14.2. The second-order valence-electron chi connectivity index (χ2n) is 5.20. The smallest absolute Gasteiger partial charge is 0.0976 e. The molecule has 0 atom stereocenters. The van der Waals surface area contributed by atoms with Gasteiger partial charge in [-0.05, 0) is 19.4 Å². The molecule has 4 heteroatoms. The summed E-state index contributed by atoms with van der Waals surface area (Å²) in [5.74, 6) is 0. The molecule has 1 aromatic heterocycles. The standard InChI is InChI=1S/C15H20N2OS/c1-15(2,16)14-12(10-18-3)17-13(19-14)9-11-7-5-4-6-8-11/h4-8H,9-10,16H2,1-3H3. The van der Waals surface area contributed by atoms with Gasteiger partial charge in [0.1, 0.15) is 0 Å². The highest BCUT2D eigenvalue weighted by atomic mass is 32.1. The maximum Gasteiger partial charge on any atom is 0.0976 e. The van der Waals surface area contributed by atoms with Gasteiger partial charge >= 0.3 is 0 Å². The molecular formula is C15H20N2OS. The van der Waals surface area contributed by atoms with Gasteiger partial charge in [-0.25, -0.2) is 4.98 Å². The number of nitrogens with zero attached hydrogens (tertiary/aromatic N) is 1. The molecule has 1 heterocycles. The summed E-state index contributed by atoms with van der Waals surface area (Å²) in [6, 6.07) is 10.4. The van der Waals surface area contributed by atoms with Gasteiger partial charge in [0.05, 0.1) is 17.3 Å². The number of benzene rings is 1. The van der Waals surface area contributed by atoms with Crippen LogP contribution in [0.1, 0.15) is 35.0 Å². The van der Waals surface area contributed by atoms with Crippen LogP contribution in [0.25, 0.3) is 0 Å². The zero-order valence-electron chi connectivity index (χ0n) is 11.6. The van der Waals surface area contributed by atoms with Gasteiger partial charge in [0.2, 0.25) is 0 Å². The minimum atomic E-state index is -0.375. The van der Waals surface area contributed by atoms with Crippen LogP contribution in [0.2, 0.25) is 0 Å². The van der Waals surface area contributed by atoms with Crippen LogP contribution in [0, 0.1) is 0 Å². The monoisotopic (exact) mass is 276 g/mol. The van der Waals surface area contributed by atoms with E-state index >= 15 is 0 Å². The molecule has 0 aliphatic carbocycles. The number of nitrogens with two attached hydrogens (primary N) is 1. The fourth-order valence-electron chi connectivity index (χ4n) is 1.98. The van der Waals surface area contributed by atoms with Gasteiger partial charge in [-0.1, -0.05) is 30.3 Å². The Bertz CT molecular complexity index is 529. The largest absolute Gasteiger partial charge is 0.378 e. The lowest BCUT2D eigenvalue weighted by molar-refractivity contribution is 0.180. The topological polar surface area (TPSA) is 48.1 Å². The van der Waals surface area contributed by atoms with Crippen LogP contribution in [0.4, 0.5) is 0 Å². The molecule has 0 saturated carbocycles. The molecule has 0 aliphatic heterocycles. The number of rotatable bonds is 5. The summed E-state index contributed by atoms with van der Waals surface area (Å²) < 4.78 is 5.22. The van der Waals surface area contributed by atoms with Crippen LogP contribution in [-0.4, -0.2) is 12.1 Å². The van der Waals surface area contributed by atoms with E-state index in [-0.39, 0.29) is 5.54 Å². The van der Waals surface area contributed by atoms with Crippen LogP contribution in [0.3, 0.4) is 0 Å². The molecule has 0 spiro atoms. The number of hydrogen-bond acceptors (Lipinski definition) is 4. The average Bonchev–Trinajstić information content (AvgIpc) is 2.74. The fourth-order valence-corrected chi connectivity index (χ4v) is 3.10. The van der Waals surface area contributed by atoms with Crippen molar-refractivity contribution >= 4 is 11.3 Å². The van der Waals surface area contributed by atoms with Crippen molar-refractivity contribution in [2.24, 2.45) is 5.73 Å². The van der Waals surface area contributed by atoms with Gasteiger partial charge in [-0.3, -0.25) is 0 Å². The molecule has 2 aromatic rings. The predicted octanol–water partition coefficient (Wildman–Crippen LogP) is 3.07. The van der Waals surface area contributed by atoms with Crippen molar-refractivity contribution in [1.82, 2.24) is 4.98 Å². The van der Waals surface area contributed by atoms with Crippen molar-refractivity contribution in [2.75, 3.05) is 7.11 Å². The Morgan fingerprint density at radius 1 is 1.26 bits per heavy atom. The lowest BCUT2D eigenvalue weighted by Crippen LogP contribution is -2.28. The Morgan fingerprint density at radius 2 is 1.95 bits per heavy atom. The lowest BCUT2D eigenvalue weighted by Gasteiger charge is -2.17. The van der Waals surface area contributed by atoms with Gasteiger partial charge in [0.25, 0.3) is 0 Å². The highest BCUT2D eigenvalue weighted by Crippen LogP contribution is 2.29. The maximum absolute atomic E-state index is 6.21. The summed E-state index contributed by atoms with van der Waals surface area (Å²) in [5.41, 5.74) is 8.06. The molecular weight excluding hydrogens is 256 g/mol. The fraction of sp³-hybridized carbons (Fsp3) is 0.400. The molecule has 102 valence electrons. The summed E-state index contributed by atoms with van der Waals surface area (Å²) in [6.45, 7) is 4.53. The van der Waals surface area contributed by atoms with Gasteiger partial charge in [0.15, 0.2) is 0 Å². The molecule has 0 fully saturated rings. The number of aromatic nitrogens is 1. The van der Waals surface area contributed by atoms with Crippen molar-refractivity contribution in [3.05, 3.63) is 51.5 Å². The van der Waals surface area contributed by atoms with Crippen molar-refractivity contribution < 1.29 is 4.74 Å². The third-order valence-electron chi connectivity index (χ3n) is 2.81. The Balaban J connectivity index is 2.27. The van der Waals surface area contributed by atoms with E-state index in [1.54, 1.807) is 18.4 Å². The second-order valence-corrected chi connectivity index (χ2v) is 6.28. The van der Waals surface area contributed by atoms with E-state index in [1.165, 1.54) is 5.56 Å². The zero-order valence-corrected chi connectivity index (χ0v) is 12.5. The molecule has 0 aliphatic rings. The lowest BCUT2D eigenvalue weighted by atomic mass is 10.0. The Kier molecular flexibility index (Phi) is 4.34. The highest BCUT2D eigenvalue weighted by molar-refractivity contribution is 7.11. The number of ether oxygens (including phenoxy) is 1. The highest BCUT2D eigenvalue weighted by Gasteiger charge is 2.23. The van der Waals surface area contributed by atoms with Gasteiger partial charge in [-0.2, -0.15) is 0 Å². The Morgan fingerprint density at radius 3 is 2.53 bits per heavy atom. The second kappa shape index (κ2) is 5.82. The number of thiazole rings is 1. The average molecular weight is 276 g/mol. The third kappa shape index (κ3) is 3.62. The quantitative estimate of drug-likeness (QED) is 0.913. The van der Waals surface area contributed by atoms with Crippen LogP contribution in [0.15, 0.2) is 30.3 Å². The van der Waals surface area contributed by atoms with E-state index < -0.39 is 0 Å². The normalized spacial score (nSPS) is 11.8. The van der Waals surface area contributed by atoms with Gasteiger partial charge < -0.3 is 10.5 Å². The molecule has 0 bridgehead atoms. The van der Waals surface area contributed by atoms with Crippen LogP contribution < -0.4 is 5.73 Å². The van der Waals surface area contributed by atoms with Crippen LogP contribution in [-0.2, 0) is 23.3 Å². The van der Waals surface area contributed by atoms with E-state index in [0.717, 1.165) is 22.0 Å². The molecule has 2 N–H and O–H groups in total. The van der Waals surface area contributed by atoms with E-state index in [9.17, 15) is 0 Å². The van der Waals surface area contributed by atoms with E-state index in [2.05, 4.69) is 17.1 Å². The molecule has 0 saturated heterocycles. The number of hydrogen-bond donors (Lipinski definition) is 1. The summed E-state index contributed by atoms with van der Waals surface area (Å²) in [4.78, 5) is 5.79. The zero-order chi connectivity index (χ0) is 13.9. The molecule has 3 nitrogen and oxygen atoms in total. The summed E-state index contributed by atoms with van der Waals surface area (Å²) in [5, 5.41) is 1.09. The van der Waals surface area contributed by atoms with E-state index in [1.807, 2.05) is 32.0 Å². The molecule has 2 rings (SSSR count). The van der Waals surface area contributed by atoms with Crippen molar-refractivity contribution in [3.8, 4) is 0 Å². The summed E-state index contributed by atoms with van der Waals surface area (Å²) in [6.07, 6.45) is 0.846. The molecule has 0 unspecified atom stereocenters. The first-order valence-corrected chi connectivity index (χ1v) is 7.13. The van der Waals surface area contributed by atoms with Crippen molar-refractivity contribution in [2.45, 2.75) is 32.4 Å². The summed E-state index contributed by atoms with van der Waals surface area (Å²) in [7, 11) is 1.68. The van der Waals surface area contributed by atoms with Crippen molar-refractivity contribution in [3.63, 3.8) is 0 Å². The molecule has 19 heavy (non-hydrogen) atoms. The first-order chi connectivity index (χ1) is 9.00. The molecule has 0 amide bonds. The predicted molar refractivity (Wildman–Crippen MR) is 79.3 cm³/mol. The maximum atomic E-state index is 6.21. The molecule has 0 radical (unpaired) electrons. The van der Waals surface area contributed by atoms with Crippen molar-refractivity contribution in [1.29, 1.82) is 0 Å². The Hall–Kier alpha value is -1.23. The Labute approximate surface area is 118 Å². The van der Waals surface area contributed by atoms with Crippen LogP contribution in [0.5, 0.6) is 0 Å². The first-order valence-electron chi connectivity index (χ1n) is 6.31. The minimum Gasteiger partial charge on any atom is -0.378 e. The van der Waals surface area contributed by atoms with Gasteiger partial charge in [-0.15, -0.1) is 11.3 Å². The summed E-state index contributed by atoms with van der Waals surface area (Å²) >= 11 is 1.69. The number of methoxy groups -OCH3 is 1. The van der Waals surface area contributed by atoms with Crippen LogP contribution >= 0.6 is 11.3 Å². The molecule has 1 aromatic carbocycles.